The van der Waals surface area contributed by atoms with Crippen molar-refractivity contribution in [3.63, 3.8) is 0 Å². The maximum atomic E-state index is 10.5. The lowest BCUT2D eigenvalue weighted by atomic mass is 9.69. The predicted molar refractivity (Wildman–Crippen MR) is 278 cm³/mol. The first-order valence-corrected chi connectivity index (χ1v) is 23.2. The lowest BCUT2D eigenvalue weighted by Gasteiger charge is -2.37. The van der Waals surface area contributed by atoms with E-state index in [4.69, 9.17) is 21.8 Å². The Morgan fingerprint density at radius 2 is 0.758 bits per heavy atom. The minimum Gasteiger partial charge on any atom is -0.427 e. The molecule has 0 bridgehead atoms. The van der Waals surface area contributed by atoms with E-state index in [0.717, 1.165) is 49.8 Å². The molecule has 66 heavy (non-hydrogen) atoms. The Kier molecular flexibility index (Phi) is 12.6. The van der Waals surface area contributed by atoms with Crippen LogP contribution in [0.15, 0.2) is 170 Å². The SMILES string of the molecule is [B]c1ccc(-c2ccc(C(C)(c3ccc(-c4ccc(B5OC(C)(C)C(C)(C)O5)cc4)cc3)c3ccc(C(C)(C)c4ccc(-c5ccc([B]OC(C)(C)C(C)(C)O)cc5)cc4)cc3)cc2)cc1. The molecule has 1 saturated heterocycles. The highest BCUT2D eigenvalue weighted by atomic mass is 16.7. The second kappa shape index (κ2) is 17.7. The van der Waals surface area contributed by atoms with Crippen molar-refractivity contribution < 1.29 is 19.1 Å². The van der Waals surface area contributed by atoms with Crippen LogP contribution in [-0.4, -0.2) is 50.0 Å². The summed E-state index contributed by atoms with van der Waals surface area (Å²) in [5.41, 5.74) is 12.5. The van der Waals surface area contributed by atoms with Crippen molar-refractivity contribution in [1.82, 2.24) is 0 Å². The maximum absolute atomic E-state index is 10.5. The molecule has 0 aliphatic carbocycles. The summed E-state index contributed by atoms with van der Waals surface area (Å²) < 4.78 is 18.6. The first-order valence-electron chi connectivity index (χ1n) is 23.2. The van der Waals surface area contributed by atoms with Gasteiger partial charge in [-0.25, -0.2) is 0 Å². The van der Waals surface area contributed by atoms with Crippen molar-refractivity contribution in [1.29, 1.82) is 0 Å². The quantitative estimate of drug-likeness (QED) is 0.0927. The molecule has 1 heterocycles. The fourth-order valence-electron chi connectivity index (χ4n) is 8.56. The second-order valence-corrected chi connectivity index (χ2v) is 20.8. The van der Waals surface area contributed by atoms with Crippen LogP contribution in [0.4, 0.5) is 0 Å². The third-order valence-corrected chi connectivity index (χ3v) is 14.9. The number of hydrogen-bond acceptors (Lipinski definition) is 4. The van der Waals surface area contributed by atoms with Crippen molar-refractivity contribution >= 4 is 38.8 Å². The van der Waals surface area contributed by atoms with Crippen LogP contribution in [0.2, 0.25) is 0 Å². The minimum atomic E-state index is -0.977. The van der Waals surface area contributed by atoms with Crippen molar-refractivity contribution in [2.24, 2.45) is 0 Å². The van der Waals surface area contributed by atoms with Gasteiger partial charge in [0.1, 0.15) is 7.85 Å². The van der Waals surface area contributed by atoms with E-state index in [0.29, 0.717) is 0 Å². The predicted octanol–water partition coefficient (Wildman–Crippen LogP) is 11.3. The largest absolute Gasteiger partial charge is 0.494 e. The van der Waals surface area contributed by atoms with Crippen LogP contribution in [0.3, 0.4) is 0 Å². The molecule has 1 aliphatic heterocycles. The zero-order valence-electron chi connectivity index (χ0n) is 40.6. The summed E-state index contributed by atoms with van der Waals surface area (Å²) >= 11 is 0. The van der Waals surface area contributed by atoms with Crippen LogP contribution in [0, 0.1) is 0 Å². The smallest absolute Gasteiger partial charge is 0.427 e. The minimum absolute atomic E-state index is 0.239. The van der Waals surface area contributed by atoms with Crippen LogP contribution in [0.1, 0.15) is 104 Å². The summed E-state index contributed by atoms with van der Waals surface area (Å²) in [7, 11) is 7.35. The van der Waals surface area contributed by atoms with Gasteiger partial charge in [-0.1, -0.05) is 195 Å². The first-order chi connectivity index (χ1) is 31.1. The van der Waals surface area contributed by atoms with Gasteiger partial charge in [0, 0.05) is 10.8 Å². The van der Waals surface area contributed by atoms with Gasteiger partial charge in [-0.15, -0.1) is 0 Å². The second-order valence-electron chi connectivity index (χ2n) is 20.8. The van der Waals surface area contributed by atoms with Crippen molar-refractivity contribution in [3.8, 4) is 33.4 Å². The Bertz CT molecular complexity index is 2740. The van der Waals surface area contributed by atoms with Gasteiger partial charge in [0.15, 0.2) is 0 Å². The summed E-state index contributed by atoms with van der Waals surface area (Å²) in [6, 6.07) is 61.1. The van der Waals surface area contributed by atoms with E-state index in [2.05, 4.69) is 194 Å². The van der Waals surface area contributed by atoms with Crippen molar-refractivity contribution in [3.05, 3.63) is 198 Å². The molecule has 331 valence electrons. The number of hydrogen-bond donors (Lipinski definition) is 1. The van der Waals surface area contributed by atoms with Gasteiger partial charge < -0.3 is 19.1 Å². The Morgan fingerprint density at radius 3 is 1.14 bits per heavy atom. The third kappa shape index (κ3) is 9.29. The van der Waals surface area contributed by atoms with E-state index in [1.807, 2.05) is 38.1 Å². The van der Waals surface area contributed by atoms with Gasteiger partial charge in [0.25, 0.3) is 0 Å². The molecular formula is C59H62B3O4. The van der Waals surface area contributed by atoms with E-state index in [1.165, 1.54) is 27.8 Å². The molecule has 8 rings (SSSR count). The summed E-state index contributed by atoms with van der Waals surface area (Å²) in [6.45, 7) is 22.6. The topological polar surface area (TPSA) is 47.9 Å². The fourth-order valence-corrected chi connectivity index (χ4v) is 8.56. The molecule has 1 aliphatic rings. The first kappa shape index (κ1) is 47.1. The normalized spacial score (nSPS) is 15.9. The van der Waals surface area contributed by atoms with E-state index in [1.54, 1.807) is 21.3 Å². The number of rotatable bonds is 13. The van der Waals surface area contributed by atoms with Gasteiger partial charge in [-0.3, -0.25) is 0 Å². The summed E-state index contributed by atoms with van der Waals surface area (Å²) in [4.78, 5) is 0. The molecule has 1 N–H and O–H groups in total. The van der Waals surface area contributed by atoms with E-state index in [9.17, 15) is 5.11 Å². The average Bonchev–Trinajstić information content (AvgIpc) is 3.53. The Hall–Kier alpha value is -5.43. The molecular weight excluding hydrogens is 805 g/mol. The summed E-state index contributed by atoms with van der Waals surface area (Å²) in [6.07, 6.45) is 0. The van der Waals surface area contributed by atoms with Crippen LogP contribution < -0.4 is 16.4 Å². The molecule has 0 spiro atoms. The van der Waals surface area contributed by atoms with Gasteiger partial charge in [-0.05, 0) is 129 Å². The van der Waals surface area contributed by atoms with Crippen molar-refractivity contribution in [2.75, 3.05) is 0 Å². The molecule has 0 amide bonds. The molecule has 7 aromatic rings. The van der Waals surface area contributed by atoms with E-state index >= 15 is 0 Å². The van der Waals surface area contributed by atoms with Gasteiger partial charge in [-0.2, -0.15) is 0 Å². The highest BCUT2D eigenvalue weighted by Gasteiger charge is 2.51. The molecule has 0 aromatic heterocycles. The fraction of sp³-hybridized carbons (Fsp3) is 0.288. The maximum Gasteiger partial charge on any atom is 0.494 e. The Morgan fingerprint density at radius 1 is 0.455 bits per heavy atom. The summed E-state index contributed by atoms with van der Waals surface area (Å²) in [5, 5.41) is 10.5. The molecule has 7 heteroatoms. The van der Waals surface area contributed by atoms with E-state index < -0.39 is 23.7 Å². The molecule has 3 radical (unpaired) electrons. The molecule has 0 saturated carbocycles. The van der Waals surface area contributed by atoms with E-state index in [-0.39, 0.29) is 16.6 Å². The van der Waals surface area contributed by atoms with Crippen molar-refractivity contribution in [2.45, 2.75) is 109 Å². The standard InChI is InChI=1S/C59H62B3O4/c1-54(2,46-24-12-40(13-25-46)44-20-36-52(37-21-44)61-64-56(5,6)55(3,4)63)47-30-32-50(33-31-47)59(11,48-26-14-41(15-27-48)43-18-34-51(60)35-19-43)49-28-16-42(17-29-49)45-22-38-53(39-23-45)62-65-57(7,8)58(9,10)66-62/h12-39,63H,1-11H3. The zero-order chi connectivity index (χ0) is 47.3. The third-order valence-electron chi connectivity index (χ3n) is 14.9. The van der Waals surface area contributed by atoms with Crippen LogP contribution in [-0.2, 0) is 24.8 Å². The average molecular weight is 868 g/mol. The van der Waals surface area contributed by atoms with Gasteiger partial charge in [0.05, 0.1) is 22.4 Å². The van der Waals surface area contributed by atoms with Crippen LogP contribution in [0.25, 0.3) is 33.4 Å². The molecule has 1 unspecified atom stereocenters. The lowest BCUT2D eigenvalue weighted by molar-refractivity contribution is -0.0893. The number of benzene rings is 7. The molecule has 7 aromatic carbocycles. The highest BCUT2D eigenvalue weighted by Crippen LogP contribution is 2.42. The Balaban J connectivity index is 1.05. The number of aliphatic hydroxyl groups is 1. The zero-order valence-corrected chi connectivity index (χ0v) is 40.6. The van der Waals surface area contributed by atoms with Crippen LogP contribution in [0.5, 0.6) is 0 Å². The molecule has 4 nitrogen and oxygen atoms in total. The van der Waals surface area contributed by atoms with Gasteiger partial charge in [0.2, 0.25) is 0 Å². The highest BCUT2D eigenvalue weighted by molar-refractivity contribution is 6.62. The summed E-state index contributed by atoms with van der Waals surface area (Å²) in [5.74, 6) is 0. The molecule has 1 atom stereocenters. The van der Waals surface area contributed by atoms with Crippen LogP contribution >= 0.6 is 0 Å². The molecule has 1 fully saturated rings. The van der Waals surface area contributed by atoms with Gasteiger partial charge >= 0.3 is 14.6 Å². The lowest BCUT2D eigenvalue weighted by Crippen LogP contribution is -2.49. The monoisotopic (exact) mass is 867 g/mol. The Labute approximate surface area is 396 Å².